The molecular formula is C18H19NO3S. The zero-order valence-corrected chi connectivity index (χ0v) is 13.9. The fourth-order valence-corrected chi connectivity index (χ4v) is 2.50. The molecule has 4 nitrogen and oxygen atoms in total. The Morgan fingerprint density at radius 1 is 1.26 bits per heavy atom. The van der Waals surface area contributed by atoms with Gasteiger partial charge in [0.25, 0.3) is 5.91 Å². The van der Waals surface area contributed by atoms with E-state index in [0.717, 1.165) is 12.0 Å². The van der Waals surface area contributed by atoms with Gasteiger partial charge in [-0.25, -0.2) is 4.79 Å². The van der Waals surface area contributed by atoms with Crippen LogP contribution in [0.4, 0.5) is 5.69 Å². The summed E-state index contributed by atoms with van der Waals surface area (Å²) < 4.78 is 5.09. The lowest BCUT2D eigenvalue weighted by atomic mass is 10.1. The van der Waals surface area contributed by atoms with Crippen molar-refractivity contribution in [3.8, 4) is 0 Å². The maximum Gasteiger partial charge on any atom is 0.331 e. The Morgan fingerprint density at radius 2 is 2.00 bits per heavy atom. The summed E-state index contributed by atoms with van der Waals surface area (Å²) in [4.78, 5) is 23.7. The predicted octanol–water partition coefficient (Wildman–Crippen LogP) is 3.89. The quantitative estimate of drug-likeness (QED) is 0.646. The summed E-state index contributed by atoms with van der Waals surface area (Å²) in [5, 5.41) is 6.57. The summed E-state index contributed by atoms with van der Waals surface area (Å²) in [7, 11) is 0. The molecular weight excluding hydrogens is 310 g/mol. The highest BCUT2D eigenvalue weighted by molar-refractivity contribution is 7.08. The van der Waals surface area contributed by atoms with Gasteiger partial charge in [-0.15, -0.1) is 0 Å². The third kappa shape index (κ3) is 5.38. The van der Waals surface area contributed by atoms with E-state index in [-0.39, 0.29) is 5.91 Å². The van der Waals surface area contributed by atoms with Gasteiger partial charge in [0.1, 0.15) is 0 Å². The van der Waals surface area contributed by atoms with E-state index < -0.39 is 12.1 Å². The highest BCUT2D eigenvalue weighted by Gasteiger charge is 2.16. The SMILES string of the molecule is CCc1ccc(NC(=O)[C@H](C)OC(=O)/C=C/c2ccsc2)cc1. The Kier molecular flexibility index (Phi) is 6.11. The molecule has 0 unspecified atom stereocenters. The van der Waals surface area contributed by atoms with Gasteiger partial charge in [-0.1, -0.05) is 19.1 Å². The molecule has 1 aromatic heterocycles. The number of esters is 1. The Labute approximate surface area is 139 Å². The summed E-state index contributed by atoms with van der Waals surface area (Å²) >= 11 is 1.55. The van der Waals surface area contributed by atoms with Crippen molar-refractivity contribution in [2.75, 3.05) is 5.32 Å². The molecule has 2 rings (SSSR count). The van der Waals surface area contributed by atoms with Gasteiger partial charge in [0.15, 0.2) is 6.10 Å². The van der Waals surface area contributed by atoms with Crippen molar-refractivity contribution >= 4 is 35.0 Å². The van der Waals surface area contributed by atoms with E-state index in [9.17, 15) is 9.59 Å². The van der Waals surface area contributed by atoms with E-state index in [1.54, 1.807) is 24.3 Å². The number of anilines is 1. The zero-order chi connectivity index (χ0) is 16.7. The first-order valence-electron chi connectivity index (χ1n) is 7.39. The van der Waals surface area contributed by atoms with Crippen LogP contribution in [-0.2, 0) is 20.7 Å². The zero-order valence-electron chi connectivity index (χ0n) is 13.1. The molecule has 1 amide bonds. The maximum absolute atomic E-state index is 12.0. The first-order chi connectivity index (χ1) is 11.1. The van der Waals surface area contributed by atoms with Crippen LogP contribution in [0, 0.1) is 0 Å². The minimum absolute atomic E-state index is 0.355. The number of ether oxygens (including phenoxy) is 1. The van der Waals surface area contributed by atoms with E-state index in [0.29, 0.717) is 5.69 Å². The molecule has 0 bridgehead atoms. The first kappa shape index (κ1) is 17.0. The lowest BCUT2D eigenvalue weighted by molar-refractivity contribution is -0.148. The number of nitrogens with one attached hydrogen (secondary N) is 1. The van der Waals surface area contributed by atoms with Crippen molar-refractivity contribution in [1.82, 2.24) is 0 Å². The standard InChI is InChI=1S/C18H19NO3S/c1-3-14-4-7-16(8-5-14)19-18(21)13(2)22-17(20)9-6-15-10-11-23-12-15/h4-13H,3H2,1-2H3,(H,19,21)/b9-6+/t13-/m0/s1. The monoisotopic (exact) mass is 329 g/mol. The van der Waals surface area contributed by atoms with Gasteiger partial charge in [-0.05, 0) is 59.5 Å². The summed E-state index contributed by atoms with van der Waals surface area (Å²) in [6.45, 7) is 3.62. The molecule has 0 saturated heterocycles. The highest BCUT2D eigenvalue weighted by atomic mass is 32.1. The van der Waals surface area contributed by atoms with Crippen molar-refractivity contribution in [1.29, 1.82) is 0 Å². The lowest BCUT2D eigenvalue weighted by Crippen LogP contribution is -2.29. The molecule has 0 fully saturated rings. The maximum atomic E-state index is 12.0. The number of hydrogen-bond donors (Lipinski definition) is 1. The summed E-state index contributed by atoms with van der Waals surface area (Å²) in [6.07, 6.45) is 3.06. The number of carbonyl (C=O) groups excluding carboxylic acids is 2. The van der Waals surface area contributed by atoms with Crippen LogP contribution in [0.2, 0.25) is 0 Å². The van der Waals surface area contributed by atoms with Crippen molar-refractivity contribution in [3.63, 3.8) is 0 Å². The van der Waals surface area contributed by atoms with Gasteiger partial charge >= 0.3 is 5.97 Å². The lowest BCUT2D eigenvalue weighted by Gasteiger charge is -2.12. The van der Waals surface area contributed by atoms with Crippen LogP contribution in [0.25, 0.3) is 6.08 Å². The average Bonchev–Trinajstić information content (AvgIpc) is 3.07. The van der Waals surface area contributed by atoms with E-state index >= 15 is 0 Å². The molecule has 0 aliphatic rings. The number of thiophene rings is 1. The fraction of sp³-hybridized carbons (Fsp3) is 0.222. The molecule has 1 aromatic carbocycles. The predicted molar refractivity (Wildman–Crippen MR) is 93.4 cm³/mol. The van der Waals surface area contributed by atoms with Crippen LogP contribution in [0.5, 0.6) is 0 Å². The van der Waals surface area contributed by atoms with Gasteiger partial charge in [-0.3, -0.25) is 4.79 Å². The molecule has 0 radical (unpaired) electrons. The number of aryl methyl sites for hydroxylation is 1. The summed E-state index contributed by atoms with van der Waals surface area (Å²) in [6, 6.07) is 9.47. The van der Waals surface area contributed by atoms with Gasteiger partial charge < -0.3 is 10.1 Å². The topological polar surface area (TPSA) is 55.4 Å². The third-order valence-electron chi connectivity index (χ3n) is 3.25. The summed E-state index contributed by atoms with van der Waals surface area (Å²) in [5.74, 6) is -0.897. The third-order valence-corrected chi connectivity index (χ3v) is 3.95. The van der Waals surface area contributed by atoms with Crippen LogP contribution in [0.1, 0.15) is 25.0 Å². The van der Waals surface area contributed by atoms with Gasteiger partial charge in [0.05, 0.1) is 0 Å². The number of hydrogen-bond acceptors (Lipinski definition) is 4. The van der Waals surface area contributed by atoms with Crippen LogP contribution in [0.15, 0.2) is 47.2 Å². The normalized spacial score (nSPS) is 12.1. The number of benzene rings is 1. The summed E-state index contributed by atoms with van der Waals surface area (Å²) in [5.41, 5.74) is 2.81. The van der Waals surface area contributed by atoms with E-state index in [2.05, 4.69) is 12.2 Å². The van der Waals surface area contributed by atoms with Crippen molar-refractivity contribution in [3.05, 3.63) is 58.3 Å². The Hall–Kier alpha value is -2.40. The molecule has 0 aliphatic heterocycles. The fourth-order valence-electron chi connectivity index (χ4n) is 1.87. The van der Waals surface area contributed by atoms with Crippen LogP contribution in [0.3, 0.4) is 0 Å². The van der Waals surface area contributed by atoms with E-state index in [1.807, 2.05) is 41.1 Å². The largest absolute Gasteiger partial charge is 0.449 e. The second-order valence-electron chi connectivity index (χ2n) is 5.01. The van der Waals surface area contributed by atoms with Gasteiger partial charge in [0.2, 0.25) is 0 Å². The minimum Gasteiger partial charge on any atom is -0.449 e. The molecule has 0 spiro atoms. The van der Waals surface area contributed by atoms with Crippen molar-refractivity contribution in [2.45, 2.75) is 26.4 Å². The molecule has 0 aliphatic carbocycles. The second kappa shape index (κ2) is 8.29. The molecule has 1 heterocycles. The Bertz CT molecular complexity index is 675. The van der Waals surface area contributed by atoms with Crippen LogP contribution < -0.4 is 5.32 Å². The molecule has 2 aromatic rings. The van der Waals surface area contributed by atoms with E-state index in [1.165, 1.54) is 11.6 Å². The number of amides is 1. The first-order valence-corrected chi connectivity index (χ1v) is 8.33. The Balaban J connectivity index is 1.85. The average molecular weight is 329 g/mol. The number of carbonyl (C=O) groups is 2. The smallest absolute Gasteiger partial charge is 0.331 e. The second-order valence-corrected chi connectivity index (χ2v) is 5.79. The van der Waals surface area contributed by atoms with Crippen molar-refractivity contribution < 1.29 is 14.3 Å². The van der Waals surface area contributed by atoms with Crippen LogP contribution >= 0.6 is 11.3 Å². The van der Waals surface area contributed by atoms with Gasteiger partial charge in [0, 0.05) is 11.8 Å². The van der Waals surface area contributed by atoms with Crippen molar-refractivity contribution in [2.24, 2.45) is 0 Å². The van der Waals surface area contributed by atoms with E-state index in [4.69, 9.17) is 4.74 Å². The minimum atomic E-state index is -0.861. The molecule has 120 valence electrons. The number of rotatable bonds is 6. The molecule has 5 heteroatoms. The molecule has 0 saturated carbocycles. The highest BCUT2D eigenvalue weighted by Crippen LogP contribution is 2.11. The van der Waals surface area contributed by atoms with Gasteiger partial charge in [-0.2, -0.15) is 11.3 Å². The molecule has 23 heavy (non-hydrogen) atoms. The van der Waals surface area contributed by atoms with Crippen LogP contribution in [-0.4, -0.2) is 18.0 Å². The Morgan fingerprint density at radius 3 is 2.61 bits per heavy atom. The molecule has 1 N–H and O–H groups in total. The molecule has 1 atom stereocenters.